The van der Waals surface area contributed by atoms with E-state index in [-0.39, 0.29) is 18.5 Å². The molecule has 0 spiro atoms. The molecule has 1 unspecified atom stereocenters. The highest BCUT2D eigenvalue weighted by Gasteiger charge is 2.44. The van der Waals surface area contributed by atoms with Crippen molar-refractivity contribution in [1.29, 1.82) is 0 Å². The Morgan fingerprint density at radius 1 is 0.917 bits per heavy atom. The molecule has 1 atom stereocenters. The second-order valence-electron chi connectivity index (χ2n) is 8.11. The summed E-state index contributed by atoms with van der Waals surface area (Å²) in [6.45, 7) is -0.00635. The fraction of sp³-hybridized carbons (Fsp3) is 0.222. The van der Waals surface area contributed by atoms with E-state index in [0.29, 0.717) is 28.5 Å². The molecule has 0 N–H and O–H groups in total. The number of anilines is 1. The van der Waals surface area contributed by atoms with Crippen LogP contribution in [0.5, 0.6) is 17.2 Å². The molecule has 3 aromatic rings. The maximum atomic E-state index is 13.7. The molecule has 1 fully saturated rings. The number of carbonyl (C=O) groups is 3. The van der Waals surface area contributed by atoms with Gasteiger partial charge in [-0.05, 0) is 60.2 Å². The fourth-order valence-electron chi connectivity index (χ4n) is 4.11. The lowest BCUT2D eigenvalue weighted by Crippen LogP contribution is -2.45. The van der Waals surface area contributed by atoms with Crippen molar-refractivity contribution >= 4 is 23.4 Å². The van der Waals surface area contributed by atoms with Crippen LogP contribution in [-0.2, 0) is 16.1 Å². The molecule has 1 saturated heterocycles. The van der Waals surface area contributed by atoms with Gasteiger partial charge >= 0.3 is 0 Å². The number of nitrogens with zero attached hydrogens (tertiary/aromatic N) is 2. The SMILES string of the molecule is COc1ccc(N2C(=O)CC(N(Cc3ccc(F)cc3)C(=O)c3ccc(OC)c(OC)c3)C2=O)cc1. The van der Waals surface area contributed by atoms with Gasteiger partial charge in [0, 0.05) is 12.1 Å². The van der Waals surface area contributed by atoms with Gasteiger partial charge in [-0.25, -0.2) is 9.29 Å². The number of ether oxygens (including phenoxy) is 3. The molecule has 0 aromatic heterocycles. The topological polar surface area (TPSA) is 85.4 Å². The molecule has 0 radical (unpaired) electrons. The van der Waals surface area contributed by atoms with Crippen LogP contribution < -0.4 is 19.1 Å². The maximum absolute atomic E-state index is 13.7. The zero-order valence-corrected chi connectivity index (χ0v) is 20.1. The summed E-state index contributed by atoms with van der Waals surface area (Å²) in [6.07, 6.45) is -0.189. The summed E-state index contributed by atoms with van der Waals surface area (Å²) in [5.41, 5.74) is 1.24. The van der Waals surface area contributed by atoms with Gasteiger partial charge in [-0.15, -0.1) is 0 Å². The largest absolute Gasteiger partial charge is 0.497 e. The minimum absolute atomic E-state index is 0.00635. The number of halogens is 1. The standard InChI is InChI=1S/C27H25FN2O6/c1-34-21-11-9-20(10-12-21)30-25(31)15-22(27(30)33)29(16-17-4-7-19(28)8-5-17)26(32)18-6-13-23(35-2)24(14-18)36-3/h4-14,22H,15-16H2,1-3H3. The van der Waals surface area contributed by atoms with Gasteiger partial charge in [0.05, 0.1) is 33.4 Å². The van der Waals surface area contributed by atoms with E-state index in [9.17, 15) is 18.8 Å². The Balaban J connectivity index is 1.70. The zero-order valence-electron chi connectivity index (χ0n) is 20.1. The fourth-order valence-corrected chi connectivity index (χ4v) is 4.11. The highest BCUT2D eigenvalue weighted by atomic mass is 19.1. The Morgan fingerprint density at radius 3 is 2.19 bits per heavy atom. The van der Waals surface area contributed by atoms with E-state index in [1.54, 1.807) is 36.4 Å². The maximum Gasteiger partial charge on any atom is 0.257 e. The predicted octanol–water partition coefficient (Wildman–Crippen LogP) is 3.83. The number of hydrogen-bond acceptors (Lipinski definition) is 6. The van der Waals surface area contributed by atoms with Gasteiger partial charge < -0.3 is 19.1 Å². The van der Waals surface area contributed by atoms with Crippen LogP contribution in [0, 0.1) is 5.82 Å². The second-order valence-corrected chi connectivity index (χ2v) is 8.11. The number of carbonyl (C=O) groups excluding carboxylic acids is 3. The van der Waals surface area contributed by atoms with Crippen molar-refractivity contribution in [2.45, 2.75) is 19.0 Å². The van der Waals surface area contributed by atoms with Gasteiger partial charge in [-0.2, -0.15) is 0 Å². The van der Waals surface area contributed by atoms with Crippen LogP contribution in [0.15, 0.2) is 66.7 Å². The summed E-state index contributed by atoms with van der Waals surface area (Å²) in [5.74, 6) is -0.496. The lowest BCUT2D eigenvalue weighted by molar-refractivity contribution is -0.122. The van der Waals surface area contributed by atoms with Gasteiger partial charge in [0.2, 0.25) is 5.91 Å². The van der Waals surface area contributed by atoms with Gasteiger partial charge in [0.15, 0.2) is 11.5 Å². The minimum atomic E-state index is -1.05. The van der Waals surface area contributed by atoms with E-state index in [0.717, 1.165) is 4.90 Å². The van der Waals surface area contributed by atoms with Crippen molar-refractivity contribution in [2.75, 3.05) is 26.2 Å². The molecule has 8 nitrogen and oxygen atoms in total. The summed E-state index contributed by atoms with van der Waals surface area (Å²) in [4.78, 5) is 42.5. The third kappa shape index (κ3) is 4.86. The first-order valence-corrected chi connectivity index (χ1v) is 11.1. The average molecular weight is 493 g/mol. The number of hydrogen-bond donors (Lipinski definition) is 0. The van der Waals surface area contributed by atoms with E-state index in [4.69, 9.17) is 14.2 Å². The Bertz CT molecular complexity index is 1280. The van der Waals surface area contributed by atoms with Crippen molar-refractivity contribution < 1.29 is 33.0 Å². The monoisotopic (exact) mass is 492 g/mol. The molecule has 3 aromatic carbocycles. The minimum Gasteiger partial charge on any atom is -0.497 e. The molecule has 9 heteroatoms. The number of rotatable bonds is 8. The van der Waals surface area contributed by atoms with Crippen LogP contribution in [0.25, 0.3) is 0 Å². The average Bonchev–Trinajstić information content (AvgIpc) is 3.20. The predicted molar refractivity (Wildman–Crippen MR) is 130 cm³/mol. The molecule has 4 rings (SSSR count). The summed E-state index contributed by atoms with van der Waals surface area (Å²) < 4.78 is 29.2. The highest BCUT2D eigenvalue weighted by Crippen LogP contribution is 2.31. The molecule has 1 heterocycles. The van der Waals surface area contributed by atoms with Crippen molar-refractivity contribution in [3.63, 3.8) is 0 Å². The van der Waals surface area contributed by atoms with Crippen LogP contribution in [-0.4, -0.2) is 50.0 Å². The van der Waals surface area contributed by atoms with Crippen molar-refractivity contribution in [3.8, 4) is 17.2 Å². The van der Waals surface area contributed by atoms with Crippen molar-refractivity contribution in [3.05, 3.63) is 83.7 Å². The van der Waals surface area contributed by atoms with Crippen LogP contribution in [0.3, 0.4) is 0 Å². The third-order valence-corrected chi connectivity index (χ3v) is 5.99. The molecule has 3 amide bonds. The van der Waals surface area contributed by atoms with E-state index < -0.39 is 29.6 Å². The molecule has 0 bridgehead atoms. The summed E-state index contributed by atoms with van der Waals surface area (Å²) in [7, 11) is 4.45. The summed E-state index contributed by atoms with van der Waals surface area (Å²) in [6, 6.07) is 15.7. The molecule has 0 saturated carbocycles. The van der Waals surface area contributed by atoms with Crippen LogP contribution in [0.1, 0.15) is 22.3 Å². The van der Waals surface area contributed by atoms with Gasteiger partial charge in [-0.3, -0.25) is 14.4 Å². The second kappa shape index (κ2) is 10.5. The van der Waals surface area contributed by atoms with Crippen LogP contribution in [0.2, 0.25) is 0 Å². The molecular weight excluding hydrogens is 467 g/mol. The first kappa shape index (κ1) is 24.7. The summed E-state index contributed by atoms with van der Waals surface area (Å²) in [5, 5.41) is 0. The lowest BCUT2D eigenvalue weighted by atomic mass is 10.1. The Morgan fingerprint density at radius 2 is 1.58 bits per heavy atom. The number of amides is 3. The van der Waals surface area contributed by atoms with Crippen LogP contribution in [0.4, 0.5) is 10.1 Å². The zero-order chi connectivity index (χ0) is 25.8. The van der Waals surface area contributed by atoms with E-state index >= 15 is 0 Å². The molecular formula is C27H25FN2O6. The van der Waals surface area contributed by atoms with Crippen molar-refractivity contribution in [1.82, 2.24) is 4.90 Å². The first-order chi connectivity index (χ1) is 17.4. The van der Waals surface area contributed by atoms with E-state index in [2.05, 4.69) is 0 Å². The van der Waals surface area contributed by atoms with E-state index in [1.165, 1.54) is 56.6 Å². The first-order valence-electron chi connectivity index (χ1n) is 11.1. The highest BCUT2D eigenvalue weighted by molar-refractivity contribution is 6.23. The Kier molecular flexibility index (Phi) is 7.19. The van der Waals surface area contributed by atoms with Gasteiger partial charge in [0.1, 0.15) is 17.6 Å². The molecule has 186 valence electrons. The summed E-state index contributed by atoms with van der Waals surface area (Å²) >= 11 is 0. The quantitative estimate of drug-likeness (QED) is 0.445. The Hall–Kier alpha value is -4.40. The van der Waals surface area contributed by atoms with Gasteiger partial charge in [-0.1, -0.05) is 12.1 Å². The number of methoxy groups -OCH3 is 3. The van der Waals surface area contributed by atoms with Crippen LogP contribution >= 0.6 is 0 Å². The van der Waals surface area contributed by atoms with Crippen molar-refractivity contribution in [2.24, 2.45) is 0 Å². The smallest absolute Gasteiger partial charge is 0.257 e. The van der Waals surface area contributed by atoms with E-state index in [1.807, 2.05) is 0 Å². The Labute approximate surface area is 207 Å². The lowest BCUT2D eigenvalue weighted by Gasteiger charge is -2.28. The number of benzene rings is 3. The third-order valence-electron chi connectivity index (χ3n) is 5.99. The molecule has 1 aliphatic rings. The molecule has 36 heavy (non-hydrogen) atoms. The van der Waals surface area contributed by atoms with Gasteiger partial charge in [0.25, 0.3) is 11.8 Å². The molecule has 1 aliphatic heterocycles. The molecule has 0 aliphatic carbocycles. The normalized spacial score (nSPS) is 15.1. The number of imide groups is 1.